The van der Waals surface area contributed by atoms with Gasteiger partial charge in [-0.2, -0.15) is 5.10 Å². The largest absolute Gasteiger partial charge is 0.310 e. The van der Waals surface area contributed by atoms with Gasteiger partial charge in [-0.1, -0.05) is 20.8 Å². The molecule has 1 N–H and O–H groups in total. The molecule has 2 rings (SSSR count). The van der Waals surface area contributed by atoms with E-state index >= 15 is 0 Å². The molecule has 0 saturated heterocycles. The summed E-state index contributed by atoms with van der Waals surface area (Å²) in [7, 11) is 1.99. The molecule has 3 nitrogen and oxygen atoms in total. The van der Waals surface area contributed by atoms with Crippen LogP contribution in [0.2, 0.25) is 0 Å². The maximum atomic E-state index is 4.40. The Morgan fingerprint density at radius 2 is 1.89 bits per heavy atom. The molecule has 1 heterocycles. The first-order valence-corrected chi connectivity index (χ1v) is 7.59. The molecule has 0 unspecified atom stereocenters. The van der Waals surface area contributed by atoms with Crippen LogP contribution in [0.3, 0.4) is 0 Å². The molecule has 108 valence electrons. The fourth-order valence-corrected chi connectivity index (χ4v) is 3.24. The number of hydrogen-bond donors (Lipinski definition) is 1. The third-order valence-corrected chi connectivity index (χ3v) is 4.65. The summed E-state index contributed by atoms with van der Waals surface area (Å²) in [5, 5.41) is 8.11. The van der Waals surface area contributed by atoms with E-state index in [0.717, 1.165) is 18.2 Å². The number of aryl methyl sites for hydroxylation is 2. The highest BCUT2D eigenvalue weighted by Gasteiger charge is 2.29. The molecule has 1 saturated carbocycles. The van der Waals surface area contributed by atoms with E-state index in [1.54, 1.807) is 0 Å². The molecule has 1 aromatic heterocycles. The fourth-order valence-electron chi connectivity index (χ4n) is 3.24. The summed E-state index contributed by atoms with van der Waals surface area (Å²) in [6.07, 6.45) is 7.51. The molecule has 0 aromatic carbocycles. The Hall–Kier alpha value is -0.830. The SMILES string of the molecule is Cc1nn(C)cc1CNC1CCC(C(C)(C)C)CC1. The van der Waals surface area contributed by atoms with Gasteiger partial charge in [-0.05, 0) is 43.9 Å². The van der Waals surface area contributed by atoms with E-state index in [-0.39, 0.29) is 0 Å². The van der Waals surface area contributed by atoms with Crippen LogP contribution in [0.25, 0.3) is 0 Å². The van der Waals surface area contributed by atoms with E-state index in [9.17, 15) is 0 Å². The number of aromatic nitrogens is 2. The van der Waals surface area contributed by atoms with E-state index in [0.29, 0.717) is 11.5 Å². The molecule has 3 heteroatoms. The van der Waals surface area contributed by atoms with Gasteiger partial charge < -0.3 is 5.32 Å². The van der Waals surface area contributed by atoms with Crippen LogP contribution in [-0.2, 0) is 13.6 Å². The first kappa shape index (κ1) is 14.6. The zero-order chi connectivity index (χ0) is 14.0. The van der Waals surface area contributed by atoms with Crippen molar-refractivity contribution in [2.75, 3.05) is 0 Å². The molecule has 0 aliphatic heterocycles. The summed E-state index contributed by atoms with van der Waals surface area (Å²) in [5.41, 5.74) is 2.96. The van der Waals surface area contributed by atoms with E-state index < -0.39 is 0 Å². The van der Waals surface area contributed by atoms with Gasteiger partial charge in [0.2, 0.25) is 0 Å². The van der Waals surface area contributed by atoms with Gasteiger partial charge in [0, 0.05) is 31.4 Å². The second-order valence-corrected chi connectivity index (χ2v) is 7.21. The first-order valence-electron chi connectivity index (χ1n) is 7.59. The van der Waals surface area contributed by atoms with Crippen molar-refractivity contribution >= 4 is 0 Å². The van der Waals surface area contributed by atoms with Crippen LogP contribution < -0.4 is 5.32 Å². The molecule has 0 radical (unpaired) electrons. The van der Waals surface area contributed by atoms with Crippen LogP contribution in [0.1, 0.15) is 57.7 Å². The summed E-state index contributed by atoms with van der Waals surface area (Å²) in [6.45, 7) is 10.2. The second kappa shape index (κ2) is 5.66. The average Bonchev–Trinajstić information content (AvgIpc) is 2.65. The van der Waals surface area contributed by atoms with Crippen LogP contribution in [0.5, 0.6) is 0 Å². The highest BCUT2D eigenvalue weighted by Crippen LogP contribution is 2.37. The molecule has 19 heavy (non-hydrogen) atoms. The van der Waals surface area contributed by atoms with Crippen LogP contribution in [0, 0.1) is 18.3 Å². The quantitative estimate of drug-likeness (QED) is 0.905. The van der Waals surface area contributed by atoms with Gasteiger partial charge >= 0.3 is 0 Å². The first-order chi connectivity index (χ1) is 8.86. The van der Waals surface area contributed by atoms with Gasteiger partial charge in [-0.3, -0.25) is 4.68 Å². The van der Waals surface area contributed by atoms with Crippen molar-refractivity contribution in [1.82, 2.24) is 15.1 Å². The van der Waals surface area contributed by atoms with Crippen molar-refractivity contribution in [1.29, 1.82) is 0 Å². The number of rotatable bonds is 3. The molecule has 1 aliphatic rings. The minimum absolute atomic E-state index is 0.477. The Labute approximate surface area is 117 Å². The molecular weight excluding hydrogens is 234 g/mol. The maximum Gasteiger partial charge on any atom is 0.0638 e. The summed E-state index contributed by atoms with van der Waals surface area (Å²) in [6, 6.07) is 0.693. The van der Waals surface area contributed by atoms with E-state index in [1.165, 1.54) is 31.2 Å². The molecule has 0 bridgehead atoms. The van der Waals surface area contributed by atoms with Crippen molar-refractivity contribution in [3.05, 3.63) is 17.5 Å². The Kier molecular flexibility index (Phi) is 4.34. The summed E-state index contributed by atoms with van der Waals surface area (Å²) in [4.78, 5) is 0. The van der Waals surface area contributed by atoms with Crippen molar-refractivity contribution in [3.63, 3.8) is 0 Å². The molecule has 0 amide bonds. The standard InChI is InChI=1S/C16H29N3/c1-12-13(11-19(5)18-12)10-17-15-8-6-14(7-9-15)16(2,3)4/h11,14-15,17H,6-10H2,1-5H3. The van der Waals surface area contributed by atoms with Crippen LogP contribution in [0.15, 0.2) is 6.20 Å². The van der Waals surface area contributed by atoms with Crippen LogP contribution in [0.4, 0.5) is 0 Å². The highest BCUT2D eigenvalue weighted by atomic mass is 15.2. The maximum absolute atomic E-state index is 4.40. The van der Waals surface area contributed by atoms with Crippen molar-refractivity contribution in [2.24, 2.45) is 18.4 Å². The lowest BCUT2D eigenvalue weighted by Gasteiger charge is -2.37. The monoisotopic (exact) mass is 263 g/mol. The van der Waals surface area contributed by atoms with Crippen LogP contribution >= 0.6 is 0 Å². The van der Waals surface area contributed by atoms with E-state index in [2.05, 4.69) is 44.3 Å². The lowest BCUT2D eigenvalue weighted by Crippen LogP contribution is -2.35. The van der Waals surface area contributed by atoms with E-state index in [1.807, 2.05) is 11.7 Å². The van der Waals surface area contributed by atoms with Crippen molar-refractivity contribution in [3.8, 4) is 0 Å². The summed E-state index contributed by atoms with van der Waals surface area (Å²) < 4.78 is 1.91. The minimum Gasteiger partial charge on any atom is -0.310 e. The Morgan fingerprint density at radius 1 is 1.26 bits per heavy atom. The number of nitrogens with one attached hydrogen (secondary N) is 1. The van der Waals surface area contributed by atoms with Gasteiger partial charge in [0.05, 0.1) is 5.69 Å². The molecule has 1 aliphatic carbocycles. The van der Waals surface area contributed by atoms with Crippen molar-refractivity contribution < 1.29 is 0 Å². The van der Waals surface area contributed by atoms with Crippen LogP contribution in [-0.4, -0.2) is 15.8 Å². The minimum atomic E-state index is 0.477. The molecule has 1 aromatic rings. The molecule has 1 fully saturated rings. The zero-order valence-electron chi connectivity index (χ0n) is 13.2. The molecular formula is C16H29N3. The predicted octanol–water partition coefficient (Wildman–Crippen LogP) is 3.42. The second-order valence-electron chi connectivity index (χ2n) is 7.21. The number of hydrogen-bond acceptors (Lipinski definition) is 2. The van der Waals surface area contributed by atoms with Gasteiger partial charge in [0.25, 0.3) is 0 Å². The Morgan fingerprint density at radius 3 is 2.37 bits per heavy atom. The third-order valence-electron chi connectivity index (χ3n) is 4.65. The summed E-state index contributed by atoms with van der Waals surface area (Å²) >= 11 is 0. The van der Waals surface area contributed by atoms with Crippen molar-refractivity contribution in [2.45, 2.75) is 66.0 Å². The fraction of sp³-hybridized carbons (Fsp3) is 0.812. The summed E-state index contributed by atoms with van der Waals surface area (Å²) in [5.74, 6) is 0.894. The smallest absolute Gasteiger partial charge is 0.0638 e. The van der Waals surface area contributed by atoms with Gasteiger partial charge in [-0.15, -0.1) is 0 Å². The van der Waals surface area contributed by atoms with E-state index in [4.69, 9.17) is 0 Å². The lowest BCUT2D eigenvalue weighted by atomic mass is 9.71. The molecule has 0 atom stereocenters. The van der Waals surface area contributed by atoms with Gasteiger partial charge in [0.15, 0.2) is 0 Å². The highest BCUT2D eigenvalue weighted by molar-refractivity contribution is 5.14. The average molecular weight is 263 g/mol. The Balaban J connectivity index is 1.79. The predicted molar refractivity (Wildman–Crippen MR) is 80.0 cm³/mol. The topological polar surface area (TPSA) is 29.9 Å². The Bertz CT molecular complexity index is 406. The molecule has 0 spiro atoms. The third kappa shape index (κ3) is 3.82. The lowest BCUT2D eigenvalue weighted by molar-refractivity contribution is 0.160. The van der Waals surface area contributed by atoms with Gasteiger partial charge in [-0.25, -0.2) is 0 Å². The van der Waals surface area contributed by atoms with Gasteiger partial charge in [0.1, 0.15) is 0 Å². The zero-order valence-corrected chi connectivity index (χ0v) is 13.2. The normalized spacial score (nSPS) is 24.7. The number of nitrogens with zero attached hydrogens (tertiary/aromatic N) is 2.